The van der Waals surface area contributed by atoms with E-state index < -0.39 is 41.0 Å². The van der Waals surface area contributed by atoms with Crippen molar-refractivity contribution >= 4 is 44.9 Å². The predicted molar refractivity (Wildman–Crippen MR) is 191 cm³/mol. The van der Waals surface area contributed by atoms with E-state index in [0.717, 1.165) is 32.3 Å². The largest absolute Gasteiger partial charge is 0.493 e. The topological polar surface area (TPSA) is 114 Å². The minimum Gasteiger partial charge on any atom is -0.493 e. The van der Waals surface area contributed by atoms with E-state index in [0.29, 0.717) is 28.4 Å². The summed E-state index contributed by atoms with van der Waals surface area (Å²) in [7, 11) is 1.50. The van der Waals surface area contributed by atoms with Gasteiger partial charge in [0.1, 0.15) is 18.3 Å². The van der Waals surface area contributed by atoms with Crippen molar-refractivity contribution in [3.05, 3.63) is 117 Å². The number of rotatable bonds is 9. The molecule has 4 aromatic rings. The fourth-order valence-electron chi connectivity index (χ4n) is 6.41. The van der Waals surface area contributed by atoms with Crippen molar-refractivity contribution in [1.29, 1.82) is 0 Å². The van der Waals surface area contributed by atoms with Gasteiger partial charge in [-0.1, -0.05) is 58.4 Å². The lowest BCUT2D eigenvalue weighted by atomic mass is 9.61. The molecule has 5 rings (SSSR count). The molecule has 4 unspecified atom stereocenters. The average Bonchev–Trinajstić information content (AvgIpc) is 3.03. The van der Waals surface area contributed by atoms with Gasteiger partial charge in [-0.3, -0.25) is 14.4 Å². The van der Waals surface area contributed by atoms with Gasteiger partial charge in [0.25, 0.3) is 0 Å². The van der Waals surface area contributed by atoms with Crippen LogP contribution in [0.15, 0.2) is 83.3 Å². The third kappa shape index (κ3) is 7.63. The summed E-state index contributed by atoms with van der Waals surface area (Å²) in [5.41, 5.74) is 4.42. The molecule has 9 heteroatoms. The van der Waals surface area contributed by atoms with Crippen LogP contribution in [0.5, 0.6) is 11.5 Å². The number of anilines is 2. The average molecular weight is 714 g/mol. The Morgan fingerprint density at radius 1 is 0.833 bits per heavy atom. The van der Waals surface area contributed by atoms with Crippen LogP contribution in [0, 0.1) is 39.5 Å². The molecule has 1 fully saturated rings. The number of benzene rings is 4. The van der Waals surface area contributed by atoms with E-state index in [2.05, 4.69) is 26.6 Å². The summed E-state index contributed by atoms with van der Waals surface area (Å²) in [6.07, 6.45) is -0.370. The number of hydrogen-bond donors (Lipinski definition) is 3. The third-order valence-electron chi connectivity index (χ3n) is 9.01. The number of aryl methyl sites for hydroxylation is 4. The Bertz CT molecular complexity index is 1850. The van der Waals surface area contributed by atoms with Gasteiger partial charge >= 0.3 is 0 Å². The molecule has 4 atom stereocenters. The minimum absolute atomic E-state index is 0.279. The van der Waals surface area contributed by atoms with Gasteiger partial charge < -0.3 is 25.2 Å². The van der Waals surface area contributed by atoms with Crippen LogP contribution in [0.1, 0.15) is 52.6 Å². The summed E-state index contributed by atoms with van der Waals surface area (Å²) in [5.74, 6) is -4.18. The van der Waals surface area contributed by atoms with Crippen molar-refractivity contribution in [2.45, 2.75) is 59.2 Å². The van der Waals surface area contributed by atoms with Crippen molar-refractivity contribution in [3.63, 3.8) is 0 Å². The molecule has 2 amide bonds. The fourth-order valence-corrected chi connectivity index (χ4v) is 6.67. The summed E-state index contributed by atoms with van der Waals surface area (Å²) < 4.78 is 12.8. The Morgan fingerprint density at radius 2 is 1.42 bits per heavy atom. The highest BCUT2D eigenvalue weighted by Crippen LogP contribution is 2.48. The van der Waals surface area contributed by atoms with Crippen LogP contribution < -0.4 is 20.1 Å². The van der Waals surface area contributed by atoms with Crippen molar-refractivity contribution in [2.75, 3.05) is 17.7 Å². The normalized spacial score (nSPS) is 20.6. The van der Waals surface area contributed by atoms with Crippen LogP contribution in [-0.2, 0) is 21.0 Å². The number of carbonyl (C=O) groups is 3. The molecule has 1 aliphatic rings. The van der Waals surface area contributed by atoms with Crippen LogP contribution in [0.3, 0.4) is 0 Å². The molecule has 3 N–H and O–H groups in total. The summed E-state index contributed by atoms with van der Waals surface area (Å²) >= 11 is 3.44. The van der Waals surface area contributed by atoms with E-state index in [1.54, 1.807) is 18.2 Å². The van der Waals surface area contributed by atoms with Crippen molar-refractivity contribution in [3.8, 4) is 11.5 Å². The number of ketones is 1. The highest BCUT2D eigenvalue weighted by molar-refractivity contribution is 9.10. The number of nitrogens with one attached hydrogen (secondary N) is 2. The number of hydrogen-bond acceptors (Lipinski definition) is 6. The van der Waals surface area contributed by atoms with Crippen LogP contribution in [0.4, 0.5) is 11.4 Å². The molecular formula is C39H41BrN2O6. The van der Waals surface area contributed by atoms with Gasteiger partial charge in [-0.05, 0) is 104 Å². The van der Waals surface area contributed by atoms with Crippen LogP contribution in [0.2, 0.25) is 0 Å². The first-order valence-corrected chi connectivity index (χ1v) is 16.6. The van der Waals surface area contributed by atoms with Crippen LogP contribution in [0.25, 0.3) is 0 Å². The molecule has 250 valence electrons. The first-order chi connectivity index (χ1) is 22.8. The second kappa shape index (κ2) is 14.3. The first-order valence-electron chi connectivity index (χ1n) is 15.8. The molecule has 0 aliphatic heterocycles. The van der Waals surface area contributed by atoms with Gasteiger partial charge in [-0.25, -0.2) is 0 Å². The van der Waals surface area contributed by atoms with Gasteiger partial charge in [0, 0.05) is 28.2 Å². The molecule has 0 saturated heterocycles. The summed E-state index contributed by atoms with van der Waals surface area (Å²) in [6.45, 7) is 9.36. The smallest absolute Gasteiger partial charge is 0.235 e. The molecule has 1 saturated carbocycles. The molecule has 0 heterocycles. The highest BCUT2D eigenvalue weighted by atomic mass is 79.9. The summed E-state index contributed by atoms with van der Waals surface area (Å²) in [4.78, 5) is 42.4. The van der Waals surface area contributed by atoms with E-state index in [4.69, 9.17) is 9.47 Å². The Morgan fingerprint density at radius 3 is 2.00 bits per heavy atom. The van der Waals surface area contributed by atoms with Gasteiger partial charge in [0.05, 0.1) is 18.6 Å². The number of halogens is 1. The molecule has 48 heavy (non-hydrogen) atoms. The Labute approximate surface area is 290 Å². The number of Topliss-reactive ketones (excluding diaryl/α,β-unsaturated/α-hetero) is 1. The zero-order chi connectivity index (χ0) is 34.7. The quantitative estimate of drug-likeness (QED) is 0.154. The van der Waals surface area contributed by atoms with Crippen molar-refractivity contribution < 1.29 is 29.0 Å². The maximum absolute atomic E-state index is 14.3. The first kappa shape index (κ1) is 34.9. The maximum atomic E-state index is 14.3. The predicted octanol–water partition coefficient (Wildman–Crippen LogP) is 7.59. The number of methoxy groups -OCH3 is 1. The number of amides is 2. The monoisotopic (exact) mass is 712 g/mol. The van der Waals surface area contributed by atoms with Crippen LogP contribution >= 0.6 is 15.9 Å². The second-order valence-corrected chi connectivity index (χ2v) is 13.8. The molecule has 0 bridgehead atoms. The molecule has 4 aromatic carbocycles. The lowest BCUT2D eigenvalue weighted by Gasteiger charge is -2.44. The van der Waals surface area contributed by atoms with Gasteiger partial charge in [0.2, 0.25) is 11.8 Å². The van der Waals surface area contributed by atoms with Gasteiger partial charge in [0.15, 0.2) is 11.5 Å². The van der Waals surface area contributed by atoms with E-state index in [1.807, 2.05) is 88.4 Å². The molecule has 1 aliphatic carbocycles. The van der Waals surface area contributed by atoms with E-state index in [1.165, 1.54) is 14.0 Å². The zero-order valence-corrected chi connectivity index (χ0v) is 29.6. The highest BCUT2D eigenvalue weighted by Gasteiger charge is 2.56. The zero-order valence-electron chi connectivity index (χ0n) is 28.0. The second-order valence-electron chi connectivity index (χ2n) is 12.9. The number of carbonyl (C=O) groups excluding carboxylic acids is 3. The van der Waals surface area contributed by atoms with E-state index >= 15 is 0 Å². The maximum Gasteiger partial charge on any atom is 0.235 e. The van der Waals surface area contributed by atoms with Crippen molar-refractivity contribution in [2.24, 2.45) is 11.8 Å². The summed E-state index contributed by atoms with van der Waals surface area (Å²) in [6, 6.07) is 24.3. The Kier molecular flexibility index (Phi) is 10.4. The molecule has 0 spiro atoms. The third-order valence-corrected chi connectivity index (χ3v) is 9.54. The minimum atomic E-state index is -1.76. The van der Waals surface area contributed by atoms with Gasteiger partial charge in [-0.2, -0.15) is 0 Å². The molecule has 0 aromatic heterocycles. The fraction of sp³-hybridized carbons (Fsp3) is 0.308. The Balaban J connectivity index is 1.57. The number of ether oxygens (including phenoxy) is 2. The summed E-state index contributed by atoms with van der Waals surface area (Å²) in [5, 5.41) is 17.8. The standard InChI is InChI=1S/C39H41BrN2O6/c1-22-7-9-24(3)29(17-22)41-37(44)35-31(43)20-39(5,46)36(38(45)42-30-18-23(2)8-10-25(30)4)34(35)27-13-16-32(33(19-27)47-6)48-21-26-11-14-28(40)15-12-26/h7-19,34-36,46H,20-21H2,1-6H3,(H,41,44)(H,42,45). The lowest BCUT2D eigenvalue weighted by Crippen LogP contribution is -2.56. The molecular weight excluding hydrogens is 672 g/mol. The Hall–Kier alpha value is -4.47. The number of aliphatic hydroxyl groups is 1. The van der Waals surface area contributed by atoms with Crippen LogP contribution in [-0.4, -0.2) is 35.4 Å². The van der Waals surface area contributed by atoms with E-state index in [-0.39, 0.29) is 13.0 Å². The van der Waals surface area contributed by atoms with Crippen molar-refractivity contribution in [1.82, 2.24) is 0 Å². The lowest BCUT2D eigenvalue weighted by molar-refractivity contribution is -0.150. The van der Waals surface area contributed by atoms with E-state index in [9.17, 15) is 19.5 Å². The molecule has 8 nitrogen and oxygen atoms in total. The SMILES string of the molecule is COc1cc(C2C(C(=O)Nc3cc(C)ccc3C)C(=O)CC(C)(O)C2C(=O)Nc2cc(C)ccc2C)ccc1OCc1ccc(Br)cc1. The van der Waals surface area contributed by atoms with Gasteiger partial charge in [-0.15, -0.1) is 0 Å². The molecule has 0 radical (unpaired) electrons.